The lowest BCUT2D eigenvalue weighted by atomic mass is 9.95. The Bertz CT molecular complexity index is 1090. The van der Waals surface area contributed by atoms with Crippen molar-refractivity contribution in [2.24, 2.45) is 0 Å². The number of aromatic nitrogens is 2. The van der Waals surface area contributed by atoms with E-state index < -0.39 is 9.84 Å². The van der Waals surface area contributed by atoms with Gasteiger partial charge in [0.1, 0.15) is 0 Å². The molecule has 0 bridgehead atoms. The summed E-state index contributed by atoms with van der Waals surface area (Å²) in [4.78, 5) is 2.79. The molecule has 0 N–H and O–H groups in total. The number of hydrogen-bond acceptors (Lipinski definition) is 5. The highest BCUT2D eigenvalue weighted by atomic mass is 32.2. The molecule has 2 aliphatic rings. The van der Waals surface area contributed by atoms with Gasteiger partial charge in [-0.25, -0.2) is 8.42 Å². The van der Waals surface area contributed by atoms with E-state index in [-0.39, 0.29) is 11.2 Å². The second kappa shape index (κ2) is 6.29. The van der Waals surface area contributed by atoms with Crippen molar-refractivity contribution in [2.75, 3.05) is 13.1 Å². The Morgan fingerprint density at radius 1 is 1.22 bits per heavy atom. The van der Waals surface area contributed by atoms with Crippen LogP contribution >= 0.6 is 11.3 Å². The van der Waals surface area contributed by atoms with Crippen molar-refractivity contribution >= 4 is 21.2 Å². The Morgan fingerprint density at radius 3 is 2.85 bits per heavy atom. The van der Waals surface area contributed by atoms with E-state index in [4.69, 9.17) is 0 Å². The molecule has 0 unspecified atom stereocenters. The second-order valence-corrected chi connectivity index (χ2v) is 10.3. The number of fused-ring (bicyclic) bond motifs is 3. The molecule has 7 heteroatoms. The predicted molar refractivity (Wildman–Crippen MR) is 107 cm³/mol. The molecule has 5 nitrogen and oxygen atoms in total. The molecule has 0 aliphatic carbocycles. The van der Waals surface area contributed by atoms with E-state index in [1.807, 2.05) is 29.2 Å². The maximum atomic E-state index is 13.1. The van der Waals surface area contributed by atoms with Crippen molar-refractivity contribution in [3.63, 3.8) is 0 Å². The predicted octanol–water partition coefficient (Wildman–Crippen LogP) is 3.39. The van der Waals surface area contributed by atoms with Crippen molar-refractivity contribution in [3.8, 4) is 11.1 Å². The van der Waals surface area contributed by atoms with Crippen molar-refractivity contribution in [3.05, 3.63) is 58.5 Å². The molecule has 0 radical (unpaired) electrons. The van der Waals surface area contributed by atoms with Crippen molar-refractivity contribution < 1.29 is 8.42 Å². The Labute approximate surface area is 163 Å². The summed E-state index contributed by atoms with van der Waals surface area (Å²) >= 11 is 1.66. The van der Waals surface area contributed by atoms with Gasteiger partial charge in [0.25, 0.3) is 0 Å². The van der Waals surface area contributed by atoms with Crippen LogP contribution in [0.3, 0.4) is 0 Å². The summed E-state index contributed by atoms with van der Waals surface area (Å²) in [5.74, 6) is 0.0600. The average Bonchev–Trinajstić information content (AvgIpc) is 3.43. The van der Waals surface area contributed by atoms with Crippen LogP contribution in [0, 0.1) is 0 Å². The van der Waals surface area contributed by atoms with E-state index in [0.717, 1.165) is 41.9 Å². The molecule has 1 saturated heterocycles. The van der Waals surface area contributed by atoms with Crippen LogP contribution in [0.1, 0.15) is 24.0 Å². The van der Waals surface area contributed by atoms with Gasteiger partial charge < -0.3 is 0 Å². The first-order chi connectivity index (χ1) is 13.1. The number of sulfone groups is 1. The first kappa shape index (κ1) is 17.2. The third-order valence-electron chi connectivity index (χ3n) is 5.73. The molecule has 1 fully saturated rings. The molecule has 2 aliphatic heterocycles. The third kappa shape index (κ3) is 2.76. The molecular weight excluding hydrogens is 378 g/mol. The quantitative estimate of drug-likeness (QED) is 0.675. The van der Waals surface area contributed by atoms with Gasteiger partial charge in [0.15, 0.2) is 9.84 Å². The van der Waals surface area contributed by atoms with Gasteiger partial charge >= 0.3 is 0 Å². The summed E-state index contributed by atoms with van der Waals surface area (Å²) < 4.78 is 28.0. The van der Waals surface area contributed by atoms with E-state index >= 15 is 0 Å². The fourth-order valence-corrected chi connectivity index (χ4v) is 7.24. The maximum absolute atomic E-state index is 13.1. The smallest absolute Gasteiger partial charge is 0.183 e. The van der Waals surface area contributed by atoms with Crippen molar-refractivity contribution in [1.82, 2.24) is 14.7 Å². The Kier molecular flexibility index (Phi) is 4.00. The summed E-state index contributed by atoms with van der Waals surface area (Å²) in [6.07, 6.45) is 3.93. The molecule has 140 valence electrons. The average molecular weight is 400 g/mol. The number of likely N-dealkylation sites (tertiary alicyclic amines) is 1. The standard InChI is InChI=1S/C20H21N3O2S2/c1-2-23-10-14(8-21-23)9-22-11-18-17-7-15(16-5-6-26-13-16)3-4-19(17)27(24,25)20(18)12-22/h3-8,10,13,18,20H,2,9,11-12H2,1H3/t18-,20-/m0/s1. The molecule has 1 aromatic carbocycles. The molecule has 4 heterocycles. The number of nitrogens with zero attached hydrogens (tertiary/aromatic N) is 3. The van der Waals surface area contributed by atoms with E-state index in [2.05, 4.69) is 39.8 Å². The number of rotatable bonds is 4. The minimum absolute atomic E-state index is 0.0600. The zero-order valence-corrected chi connectivity index (χ0v) is 16.7. The summed E-state index contributed by atoms with van der Waals surface area (Å²) in [5.41, 5.74) is 4.40. The van der Waals surface area contributed by atoms with Gasteiger partial charge in [-0.05, 0) is 52.6 Å². The van der Waals surface area contributed by atoms with Gasteiger partial charge in [0.05, 0.1) is 16.3 Å². The second-order valence-electron chi connectivity index (χ2n) is 7.35. The van der Waals surface area contributed by atoms with Crippen LogP contribution in [0.2, 0.25) is 0 Å². The highest BCUT2D eigenvalue weighted by molar-refractivity contribution is 7.92. The lowest BCUT2D eigenvalue weighted by Crippen LogP contribution is -2.25. The molecule has 0 amide bonds. The minimum atomic E-state index is -3.25. The van der Waals surface area contributed by atoms with E-state index in [9.17, 15) is 8.42 Å². The molecule has 0 spiro atoms. The number of aryl methyl sites for hydroxylation is 1. The fraction of sp³-hybridized carbons (Fsp3) is 0.350. The van der Waals surface area contributed by atoms with E-state index in [1.165, 1.54) is 0 Å². The first-order valence-electron chi connectivity index (χ1n) is 9.20. The van der Waals surface area contributed by atoms with Gasteiger partial charge in [-0.1, -0.05) is 6.07 Å². The Hall–Kier alpha value is -1.96. The molecule has 5 rings (SSSR count). The first-order valence-corrected chi connectivity index (χ1v) is 11.7. The summed E-state index contributed by atoms with van der Waals surface area (Å²) in [7, 11) is -3.25. The zero-order chi connectivity index (χ0) is 18.6. The summed E-state index contributed by atoms with van der Waals surface area (Å²) in [6, 6.07) is 7.93. The number of hydrogen-bond donors (Lipinski definition) is 0. The lowest BCUT2D eigenvalue weighted by molar-refractivity contribution is 0.325. The van der Waals surface area contributed by atoms with Gasteiger partial charge in [-0.2, -0.15) is 16.4 Å². The largest absolute Gasteiger partial charge is 0.297 e. The van der Waals surface area contributed by atoms with Crippen LogP contribution in [0.25, 0.3) is 11.1 Å². The molecule has 0 saturated carbocycles. The Morgan fingerprint density at radius 2 is 2.11 bits per heavy atom. The molecular formula is C20H21N3O2S2. The molecule has 2 aromatic heterocycles. The highest BCUT2D eigenvalue weighted by Crippen LogP contribution is 2.46. The van der Waals surface area contributed by atoms with E-state index in [0.29, 0.717) is 11.4 Å². The molecule has 27 heavy (non-hydrogen) atoms. The van der Waals surface area contributed by atoms with Crippen LogP contribution in [-0.2, 0) is 22.9 Å². The Balaban J connectivity index is 1.45. The zero-order valence-electron chi connectivity index (χ0n) is 15.1. The molecule has 3 aromatic rings. The van der Waals surface area contributed by atoms with Crippen LogP contribution < -0.4 is 0 Å². The summed E-state index contributed by atoms with van der Waals surface area (Å²) in [5, 5.41) is 8.16. The summed E-state index contributed by atoms with van der Waals surface area (Å²) in [6.45, 7) is 5.03. The van der Waals surface area contributed by atoms with Crippen LogP contribution in [0.15, 0.2) is 52.3 Å². The third-order valence-corrected chi connectivity index (χ3v) is 8.67. The maximum Gasteiger partial charge on any atom is 0.183 e. The highest BCUT2D eigenvalue weighted by Gasteiger charge is 2.50. The monoisotopic (exact) mass is 399 g/mol. The fourth-order valence-electron chi connectivity index (χ4n) is 4.38. The van der Waals surface area contributed by atoms with Gasteiger partial charge in [-0.3, -0.25) is 9.58 Å². The number of thiophene rings is 1. The normalized spacial score (nSPS) is 23.4. The minimum Gasteiger partial charge on any atom is -0.297 e. The van der Waals surface area contributed by atoms with E-state index in [1.54, 1.807) is 11.3 Å². The van der Waals surface area contributed by atoms with Crippen molar-refractivity contribution in [1.29, 1.82) is 0 Å². The van der Waals surface area contributed by atoms with Gasteiger partial charge in [-0.15, -0.1) is 0 Å². The number of benzene rings is 1. The molecule has 2 atom stereocenters. The van der Waals surface area contributed by atoms with Crippen molar-refractivity contribution in [2.45, 2.75) is 36.1 Å². The SMILES string of the molecule is CCn1cc(CN2C[C@H]3c4cc(-c5ccsc5)ccc4S(=O)(=O)[C@H]3C2)cn1. The van der Waals surface area contributed by atoms with Gasteiger partial charge in [0.2, 0.25) is 0 Å². The van der Waals surface area contributed by atoms with Crippen LogP contribution in [-0.4, -0.2) is 41.4 Å². The van der Waals surface area contributed by atoms with Crippen LogP contribution in [0.4, 0.5) is 0 Å². The topological polar surface area (TPSA) is 55.2 Å². The van der Waals surface area contributed by atoms with Gasteiger partial charge in [0, 0.05) is 43.9 Å². The lowest BCUT2D eigenvalue weighted by Gasteiger charge is -2.16. The van der Waals surface area contributed by atoms with Crippen LogP contribution in [0.5, 0.6) is 0 Å².